The number of H-pyrrole nitrogens is 1. The molecule has 2 rings (SSSR count). The van der Waals surface area contributed by atoms with Gasteiger partial charge in [0.1, 0.15) is 17.1 Å². The van der Waals surface area contributed by atoms with Gasteiger partial charge in [0.25, 0.3) is 5.91 Å². The predicted molar refractivity (Wildman–Crippen MR) is 86.3 cm³/mol. The number of carbonyl (C=O) groups is 2. The van der Waals surface area contributed by atoms with Crippen LogP contribution < -0.4 is 5.32 Å². The third-order valence-electron chi connectivity index (χ3n) is 3.48. The lowest BCUT2D eigenvalue weighted by atomic mass is 9.92. The molecule has 0 aromatic carbocycles. The van der Waals surface area contributed by atoms with Gasteiger partial charge in [0.2, 0.25) is 0 Å². The van der Waals surface area contributed by atoms with Crippen LogP contribution in [0.3, 0.4) is 0 Å². The molecule has 0 saturated heterocycles. The Bertz CT molecular complexity index is 705. The summed E-state index contributed by atoms with van der Waals surface area (Å²) in [4.78, 5) is 31.1. The summed E-state index contributed by atoms with van der Waals surface area (Å²) in [7, 11) is 0. The Kier molecular flexibility index (Phi) is 4.73. The van der Waals surface area contributed by atoms with Crippen molar-refractivity contribution in [3.8, 4) is 0 Å². The molecule has 1 amide bonds. The first kappa shape index (κ1) is 17.0. The maximum atomic E-state index is 12.2. The lowest BCUT2D eigenvalue weighted by Gasteiger charge is -2.16. The van der Waals surface area contributed by atoms with Gasteiger partial charge in [-0.2, -0.15) is 0 Å². The van der Waals surface area contributed by atoms with E-state index in [4.69, 9.17) is 4.42 Å². The number of aromatic nitrogens is 2. The highest BCUT2D eigenvalue weighted by molar-refractivity contribution is 6.00. The number of nitrogens with zero attached hydrogens (tertiary/aromatic N) is 1. The van der Waals surface area contributed by atoms with Crippen LogP contribution in [-0.4, -0.2) is 21.7 Å². The summed E-state index contributed by atoms with van der Waals surface area (Å²) in [6, 6.07) is 1.57. The zero-order chi connectivity index (χ0) is 17.2. The van der Waals surface area contributed by atoms with E-state index in [-0.39, 0.29) is 29.6 Å². The van der Waals surface area contributed by atoms with E-state index in [0.717, 1.165) is 5.76 Å². The van der Waals surface area contributed by atoms with Crippen LogP contribution >= 0.6 is 0 Å². The molecule has 0 spiro atoms. The summed E-state index contributed by atoms with van der Waals surface area (Å²) in [5.41, 5.74) is 1.40. The zero-order valence-electron chi connectivity index (χ0n) is 14.2. The van der Waals surface area contributed by atoms with Crippen LogP contribution in [-0.2, 0) is 12.0 Å². The number of Topliss-reactive ketones (excluding diaryl/α,β-unsaturated/α-hetero) is 1. The highest BCUT2D eigenvalue weighted by Crippen LogP contribution is 2.25. The van der Waals surface area contributed by atoms with Gasteiger partial charge in [0.15, 0.2) is 12.2 Å². The average Bonchev–Trinajstić information content (AvgIpc) is 3.12. The third-order valence-corrected chi connectivity index (χ3v) is 3.48. The van der Waals surface area contributed by atoms with E-state index >= 15 is 0 Å². The number of hydrogen-bond donors (Lipinski definition) is 2. The van der Waals surface area contributed by atoms with Crippen molar-refractivity contribution in [3.63, 3.8) is 0 Å². The molecule has 0 saturated carbocycles. The Morgan fingerprint density at radius 2 is 2.04 bits per heavy atom. The van der Waals surface area contributed by atoms with E-state index in [1.54, 1.807) is 12.3 Å². The Hall–Kier alpha value is -2.37. The fraction of sp³-hybridized carbons (Fsp3) is 0.471. The maximum Gasteiger partial charge on any atom is 0.268 e. The number of ketones is 1. The van der Waals surface area contributed by atoms with Crippen molar-refractivity contribution in [2.24, 2.45) is 5.92 Å². The molecule has 6 nitrogen and oxygen atoms in total. The second-order valence-corrected chi connectivity index (χ2v) is 6.88. The van der Waals surface area contributed by atoms with Crippen LogP contribution in [0, 0.1) is 5.92 Å². The van der Waals surface area contributed by atoms with Gasteiger partial charge in [-0.15, -0.1) is 0 Å². The molecule has 0 aliphatic rings. The average molecular weight is 317 g/mol. The summed E-state index contributed by atoms with van der Waals surface area (Å²) < 4.78 is 5.41. The number of nitrogens with one attached hydrogen (secondary N) is 2. The summed E-state index contributed by atoms with van der Waals surface area (Å²) in [6.45, 7) is 9.99. The summed E-state index contributed by atoms with van der Waals surface area (Å²) >= 11 is 0. The fourth-order valence-electron chi connectivity index (χ4n) is 2.27. The van der Waals surface area contributed by atoms with Crippen molar-refractivity contribution >= 4 is 11.7 Å². The predicted octanol–water partition coefficient (Wildman–Crippen LogP) is 3.07. The smallest absolute Gasteiger partial charge is 0.268 e. The van der Waals surface area contributed by atoms with Gasteiger partial charge in [-0.25, -0.2) is 4.98 Å². The van der Waals surface area contributed by atoms with Crippen molar-refractivity contribution in [2.45, 2.75) is 46.6 Å². The molecule has 2 heterocycles. The summed E-state index contributed by atoms with van der Waals surface area (Å²) in [5.74, 6) is 0.369. The monoisotopic (exact) mass is 317 g/mol. The molecule has 0 aliphatic carbocycles. The van der Waals surface area contributed by atoms with Crippen LogP contribution in [0.2, 0.25) is 0 Å². The maximum absolute atomic E-state index is 12.2. The third kappa shape index (κ3) is 3.88. The van der Waals surface area contributed by atoms with Gasteiger partial charge >= 0.3 is 0 Å². The van der Waals surface area contributed by atoms with Crippen molar-refractivity contribution in [2.75, 3.05) is 0 Å². The lowest BCUT2D eigenvalue weighted by Crippen LogP contribution is -2.25. The molecule has 2 aromatic rings. The van der Waals surface area contributed by atoms with Gasteiger partial charge in [-0.05, 0) is 6.07 Å². The van der Waals surface area contributed by atoms with Crippen molar-refractivity contribution in [1.82, 2.24) is 15.3 Å². The molecule has 124 valence electrons. The first-order valence-corrected chi connectivity index (χ1v) is 7.64. The molecule has 0 fully saturated rings. The van der Waals surface area contributed by atoms with Crippen molar-refractivity contribution < 1.29 is 14.0 Å². The Morgan fingerprint density at radius 1 is 1.35 bits per heavy atom. The van der Waals surface area contributed by atoms with Crippen LogP contribution in [0.5, 0.6) is 0 Å². The molecular weight excluding hydrogens is 294 g/mol. The Balaban J connectivity index is 2.04. The molecule has 23 heavy (non-hydrogen) atoms. The molecule has 0 aliphatic heterocycles. The molecule has 2 N–H and O–H groups in total. The first-order valence-electron chi connectivity index (χ1n) is 7.64. The van der Waals surface area contributed by atoms with E-state index in [9.17, 15) is 9.59 Å². The highest BCUT2D eigenvalue weighted by atomic mass is 16.3. The lowest BCUT2D eigenvalue weighted by molar-refractivity contribution is 0.0938. The van der Waals surface area contributed by atoms with E-state index < -0.39 is 0 Å². The van der Waals surface area contributed by atoms with Gasteiger partial charge in [0.05, 0.1) is 6.54 Å². The molecular formula is C17H23N3O3. The standard InChI is InChI=1S/C17H23N3O3/c1-10(2)14(21)11-6-12(18-7-11)16(22)19-8-13-15(17(3,4)5)23-9-20-13/h6-7,9-10,18H,8H2,1-5H3,(H,19,22). The number of hydrogen-bond acceptors (Lipinski definition) is 4. The van der Waals surface area contributed by atoms with Crippen molar-refractivity contribution in [3.05, 3.63) is 41.4 Å². The highest BCUT2D eigenvalue weighted by Gasteiger charge is 2.23. The fourth-order valence-corrected chi connectivity index (χ4v) is 2.27. The number of carbonyl (C=O) groups excluding carboxylic acids is 2. The van der Waals surface area contributed by atoms with Crippen LogP contribution in [0.1, 0.15) is 66.9 Å². The SMILES string of the molecule is CC(C)C(=O)c1c[nH]c(C(=O)NCc2ncoc2C(C)(C)C)c1. The number of rotatable bonds is 5. The van der Waals surface area contributed by atoms with Gasteiger partial charge in [-0.1, -0.05) is 34.6 Å². The number of aromatic amines is 1. The number of amides is 1. The van der Waals surface area contributed by atoms with E-state index in [1.165, 1.54) is 6.39 Å². The molecule has 0 atom stereocenters. The van der Waals surface area contributed by atoms with Crippen LogP contribution in [0.25, 0.3) is 0 Å². The summed E-state index contributed by atoms with van der Waals surface area (Å²) in [5, 5.41) is 2.79. The van der Waals surface area contributed by atoms with Crippen LogP contribution in [0.4, 0.5) is 0 Å². The molecule has 0 radical (unpaired) electrons. The molecule has 0 bridgehead atoms. The van der Waals surface area contributed by atoms with Crippen LogP contribution in [0.15, 0.2) is 23.1 Å². The van der Waals surface area contributed by atoms with Gasteiger partial charge in [-0.3, -0.25) is 9.59 Å². The Labute approximate surface area is 135 Å². The minimum atomic E-state index is -0.282. The minimum absolute atomic E-state index is 0.00631. The first-order chi connectivity index (χ1) is 10.7. The van der Waals surface area contributed by atoms with Gasteiger partial charge in [0, 0.05) is 23.1 Å². The molecule has 6 heteroatoms. The van der Waals surface area contributed by atoms with E-state index in [2.05, 4.69) is 15.3 Å². The number of oxazole rings is 1. The topological polar surface area (TPSA) is 88.0 Å². The van der Waals surface area contributed by atoms with Gasteiger partial charge < -0.3 is 14.7 Å². The van der Waals surface area contributed by atoms with Crippen molar-refractivity contribution in [1.29, 1.82) is 0 Å². The Morgan fingerprint density at radius 3 is 2.65 bits per heavy atom. The van der Waals surface area contributed by atoms with E-state index in [0.29, 0.717) is 17.0 Å². The molecule has 0 unspecified atom stereocenters. The summed E-state index contributed by atoms with van der Waals surface area (Å²) in [6.07, 6.45) is 2.95. The minimum Gasteiger partial charge on any atom is -0.448 e. The largest absolute Gasteiger partial charge is 0.448 e. The second kappa shape index (κ2) is 6.40. The molecule has 2 aromatic heterocycles. The van der Waals surface area contributed by atoms with E-state index in [1.807, 2.05) is 34.6 Å². The quantitative estimate of drug-likeness (QED) is 0.830. The normalized spacial score (nSPS) is 11.7. The zero-order valence-corrected chi connectivity index (χ0v) is 14.2. The second-order valence-electron chi connectivity index (χ2n) is 6.88.